The largest absolute Gasteiger partial charge is 0.496 e. The Morgan fingerprint density at radius 2 is 1.96 bits per heavy atom. The lowest BCUT2D eigenvalue weighted by molar-refractivity contribution is -0.115. The van der Waals surface area contributed by atoms with Gasteiger partial charge in [0.05, 0.1) is 12.0 Å². The van der Waals surface area contributed by atoms with E-state index in [1.165, 1.54) is 0 Å². The van der Waals surface area contributed by atoms with Crippen LogP contribution in [0.2, 0.25) is 0 Å². The van der Waals surface area contributed by atoms with E-state index in [0.717, 1.165) is 28.5 Å². The molecule has 0 bridgehead atoms. The molecule has 0 radical (unpaired) electrons. The van der Waals surface area contributed by atoms with Gasteiger partial charge in [-0.3, -0.25) is 10.1 Å². The number of amides is 1. The molecule has 1 aliphatic rings. The van der Waals surface area contributed by atoms with Crippen LogP contribution in [0.5, 0.6) is 5.75 Å². The number of hydrogen-bond acceptors (Lipinski definition) is 5. The van der Waals surface area contributed by atoms with Crippen LogP contribution in [0, 0.1) is 11.5 Å². The highest BCUT2D eigenvalue weighted by atomic mass is 32.2. The molecule has 0 unspecified atom stereocenters. The molecule has 3 rings (SSSR count). The van der Waals surface area contributed by atoms with Crippen molar-refractivity contribution in [2.24, 2.45) is 4.99 Å². The number of rotatable bonds is 4. The Labute approximate surface area is 155 Å². The molecule has 0 saturated carbocycles. The monoisotopic (exact) mass is 361 g/mol. The number of nitriles is 1. The van der Waals surface area contributed by atoms with E-state index >= 15 is 0 Å². The van der Waals surface area contributed by atoms with Gasteiger partial charge in [-0.15, -0.1) is 4.99 Å². The van der Waals surface area contributed by atoms with Gasteiger partial charge in [0, 0.05) is 5.56 Å². The molecule has 5 nitrogen and oxygen atoms in total. The smallest absolute Gasteiger partial charge is 0.264 e. The highest BCUT2D eigenvalue weighted by molar-refractivity contribution is 8.18. The van der Waals surface area contributed by atoms with Gasteiger partial charge < -0.3 is 4.74 Å². The maximum atomic E-state index is 11.9. The number of nitrogens with zero attached hydrogens (tertiary/aromatic N) is 2. The predicted molar refractivity (Wildman–Crippen MR) is 105 cm³/mol. The molecular formula is C20H15N3O2S. The van der Waals surface area contributed by atoms with E-state index in [9.17, 15) is 4.79 Å². The lowest BCUT2D eigenvalue weighted by Crippen LogP contribution is -2.19. The van der Waals surface area contributed by atoms with Gasteiger partial charge in [-0.05, 0) is 35.0 Å². The number of carbonyl (C=O) groups excluding carboxylic acids is 1. The van der Waals surface area contributed by atoms with Crippen LogP contribution in [0.15, 0.2) is 58.4 Å². The second-order valence-electron chi connectivity index (χ2n) is 5.33. The zero-order valence-corrected chi connectivity index (χ0v) is 14.8. The number of carbonyl (C=O) groups is 1. The van der Waals surface area contributed by atoms with Crippen LogP contribution < -0.4 is 10.1 Å². The van der Waals surface area contributed by atoms with Gasteiger partial charge in [0.25, 0.3) is 5.91 Å². The molecule has 2 aromatic rings. The van der Waals surface area contributed by atoms with Crippen molar-refractivity contribution in [3.8, 4) is 11.9 Å². The molecule has 0 aliphatic carbocycles. The van der Waals surface area contributed by atoms with Crippen molar-refractivity contribution in [3.05, 3.63) is 70.1 Å². The van der Waals surface area contributed by atoms with Crippen molar-refractivity contribution in [3.63, 3.8) is 0 Å². The van der Waals surface area contributed by atoms with Crippen LogP contribution in [-0.2, 0) is 4.79 Å². The summed E-state index contributed by atoms with van der Waals surface area (Å²) in [5.41, 5.74) is 2.87. The molecular weight excluding hydrogens is 346 g/mol. The first-order valence-electron chi connectivity index (χ1n) is 7.78. The van der Waals surface area contributed by atoms with Gasteiger partial charge >= 0.3 is 0 Å². The van der Waals surface area contributed by atoms with Crippen molar-refractivity contribution in [2.75, 3.05) is 7.11 Å². The van der Waals surface area contributed by atoms with E-state index in [1.807, 2.05) is 60.7 Å². The topological polar surface area (TPSA) is 74.5 Å². The fourth-order valence-corrected chi connectivity index (χ4v) is 3.16. The zero-order chi connectivity index (χ0) is 18.4. The van der Waals surface area contributed by atoms with E-state index < -0.39 is 0 Å². The third-order valence-corrected chi connectivity index (χ3v) is 4.52. The molecule has 1 amide bonds. The van der Waals surface area contributed by atoms with Crippen LogP contribution >= 0.6 is 11.8 Å². The summed E-state index contributed by atoms with van der Waals surface area (Å²) in [4.78, 5) is 15.9. The van der Waals surface area contributed by atoms with E-state index in [0.29, 0.717) is 10.7 Å². The summed E-state index contributed by atoms with van der Waals surface area (Å²) in [5, 5.41) is 11.4. The van der Waals surface area contributed by atoms with Gasteiger partial charge in [-0.25, -0.2) is 0 Å². The first-order chi connectivity index (χ1) is 12.7. The summed E-state index contributed by atoms with van der Waals surface area (Å²) >= 11 is 1.14. The first-order valence-corrected chi connectivity index (χ1v) is 8.60. The van der Waals surface area contributed by atoms with Gasteiger partial charge in [0.2, 0.25) is 6.19 Å². The molecule has 0 spiro atoms. The van der Waals surface area contributed by atoms with Gasteiger partial charge in [-0.2, -0.15) is 5.26 Å². The molecule has 0 aromatic heterocycles. The second-order valence-corrected chi connectivity index (χ2v) is 6.36. The van der Waals surface area contributed by atoms with Crippen LogP contribution in [0.3, 0.4) is 0 Å². The molecule has 6 heteroatoms. The predicted octanol–water partition coefficient (Wildman–Crippen LogP) is 3.91. The minimum absolute atomic E-state index is 0.268. The maximum Gasteiger partial charge on any atom is 0.264 e. The Bertz CT molecular complexity index is 957. The molecule has 1 fully saturated rings. The minimum atomic E-state index is -0.268. The molecule has 26 heavy (non-hydrogen) atoms. The lowest BCUT2D eigenvalue weighted by Gasteiger charge is -2.06. The van der Waals surface area contributed by atoms with Crippen molar-refractivity contribution >= 4 is 41.1 Å². The number of hydrogen-bond donors (Lipinski definition) is 1. The summed E-state index contributed by atoms with van der Waals surface area (Å²) < 4.78 is 5.47. The number of thioether (sulfide) groups is 1. The summed E-state index contributed by atoms with van der Waals surface area (Å²) in [6, 6.07) is 15.7. The standard InChI is InChI=1S/C20H15N3O2S/c1-25-17-11-15(12-18-19(24)23-20(26-18)22-13-21)8-10-16(17)9-7-14-5-3-2-4-6-14/h2-12H,1H3,(H,22,23,24)/b9-7+,18-12?. The Morgan fingerprint density at radius 1 is 1.15 bits per heavy atom. The molecule has 0 atom stereocenters. The van der Waals surface area contributed by atoms with Gasteiger partial charge in [-0.1, -0.05) is 54.6 Å². The van der Waals surface area contributed by atoms with E-state index in [-0.39, 0.29) is 11.1 Å². The number of ether oxygens (including phenoxy) is 1. The molecule has 1 N–H and O–H groups in total. The zero-order valence-electron chi connectivity index (χ0n) is 14.0. The highest BCUT2D eigenvalue weighted by Crippen LogP contribution is 2.28. The maximum absolute atomic E-state index is 11.9. The third-order valence-electron chi connectivity index (χ3n) is 3.61. The lowest BCUT2D eigenvalue weighted by atomic mass is 10.1. The first kappa shape index (κ1) is 17.5. The van der Waals surface area contributed by atoms with Crippen LogP contribution in [0.1, 0.15) is 16.7 Å². The van der Waals surface area contributed by atoms with Gasteiger partial charge in [0.1, 0.15) is 5.75 Å². The summed E-state index contributed by atoms with van der Waals surface area (Å²) in [5.74, 6) is 0.442. The summed E-state index contributed by atoms with van der Waals surface area (Å²) in [7, 11) is 1.61. The number of methoxy groups -OCH3 is 1. The molecule has 1 saturated heterocycles. The van der Waals surface area contributed by atoms with E-state index in [2.05, 4.69) is 10.3 Å². The highest BCUT2D eigenvalue weighted by Gasteiger charge is 2.23. The molecule has 1 aliphatic heterocycles. The van der Waals surface area contributed by atoms with E-state index in [4.69, 9.17) is 10.00 Å². The van der Waals surface area contributed by atoms with Crippen LogP contribution in [0.4, 0.5) is 0 Å². The van der Waals surface area contributed by atoms with Gasteiger partial charge in [0.15, 0.2) is 5.17 Å². The Hall–Kier alpha value is -3.30. The molecule has 1 heterocycles. The molecule has 2 aromatic carbocycles. The number of nitrogens with one attached hydrogen (secondary N) is 1. The summed E-state index contributed by atoms with van der Waals surface area (Å²) in [6.07, 6.45) is 7.41. The SMILES string of the molecule is COc1cc(C=C2SC(=NC#N)NC2=O)ccc1/C=C/c1ccccc1. The normalized spacial score (nSPS) is 16.8. The fourth-order valence-electron chi connectivity index (χ4n) is 2.38. The number of benzene rings is 2. The second kappa shape index (κ2) is 8.19. The Balaban J connectivity index is 1.84. The van der Waals surface area contributed by atoms with Crippen molar-refractivity contribution in [1.29, 1.82) is 5.26 Å². The van der Waals surface area contributed by atoms with Crippen molar-refractivity contribution in [1.82, 2.24) is 5.32 Å². The van der Waals surface area contributed by atoms with Crippen LogP contribution in [-0.4, -0.2) is 18.2 Å². The third kappa shape index (κ3) is 4.21. The van der Waals surface area contributed by atoms with Crippen LogP contribution in [0.25, 0.3) is 18.2 Å². The summed E-state index contributed by atoms with van der Waals surface area (Å²) in [6.45, 7) is 0. The average molecular weight is 361 g/mol. The van der Waals surface area contributed by atoms with E-state index in [1.54, 1.807) is 19.4 Å². The number of aliphatic imine (C=N–C) groups is 1. The average Bonchev–Trinajstić information content (AvgIpc) is 3.00. The minimum Gasteiger partial charge on any atom is -0.496 e. The van der Waals surface area contributed by atoms with Crippen molar-refractivity contribution < 1.29 is 9.53 Å². The Morgan fingerprint density at radius 3 is 2.69 bits per heavy atom. The number of amidine groups is 1. The fraction of sp³-hybridized carbons (Fsp3) is 0.0500. The molecule has 128 valence electrons. The quantitative estimate of drug-likeness (QED) is 0.509. The van der Waals surface area contributed by atoms with Crippen molar-refractivity contribution in [2.45, 2.75) is 0 Å². The Kier molecular flexibility index (Phi) is 5.52.